The van der Waals surface area contributed by atoms with Crippen LogP contribution in [0, 0.1) is 22.6 Å². The molecule has 1 saturated carbocycles. The summed E-state index contributed by atoms with van der Waals surface area (Å²) in [6.45, 7) is 5.30. The third-order valence-corrected chi connectivity index (χ3v) is 10.1. The van der Waals surface area contributed by atoms with Crippen molar-refractivity contribution < 1.29 is 18.3 Å². The number of amides is 1. The highest BCUT2D eigenvalue weighted by molar-refractivity contribution is 5.94. The number of hydrogen-bond donors (Lipinski definition) is 0. The van der Waals surface area contributed by atoms with Crippen LogP contribution in [0.2, 0.25) is 0 Å². The van der Waals surface area contributed by atoms with E-state index in [0.29, 0.717) is 40.9 Å². The number of piperazine rings is 1. The van der Waals surface area contributed by atoms with Crippen molar-refractivity contribution >= 4 is 22.6 Å². The molecule has 1 spiro atoms. The van der Waals surface area contributed by atoms with Gasteiger partial charge in [0.1, 0.15) is 18.2 Å². The Morgan fingerprint density at radius 1 is 1.16 bits per heavy atom. The van der Waals surface area contributed by atoms with Gasteiger partial charge in [0, 0.05) is 36.6 Å². The summed E-state index contributed by atoms with van der Waals surface area (Å²) in [5.41, 5.74) is 4.87. The van der Waals surface area contributed by atoms with Gasteiger partial charge in [0.25, 0.3) is 5.91 Å². The van der Waals surface area contributed by atoms with Crippen LogP contribution in [-0.2, 0) is 17.6 Å². The van der Waals surface area contributed by atoms with Crippen molar-refractivity contribution in [1.29, 1.82) is 5.26 Å². The number of hydrogen-bond acceptors (Lipinski definition) is 7. The molecule has 2 aliphatic heterocycles. The highest BCUT2D eigenvalue weighted by Gasteiger charge is 2.47. The minimum absolute atomic E-state index is 0.00895. The van der Waals surface area contributed by atoms with E-state index in [4.69, 9.17) is 14.7 Å². The first-order valence-corrected chi connectivity index (χ1v) is 15.5. The summed E-state index contributed by atoms with van der Waals surface area (Å²) in [6, 6.07) is 11.5. The van der Waals surface area contributed by atoms with Gasteiger partial charge in [0.15, 0.2) is 5.83 Å². The van der Waals surface area contributed by atoms with Crippen molar-refractivity contribution in [2.75, 3.05) is 44.7 Å². The van der Waals surface area contributed by atoms with Gasteiger partial charge in [-0.1, -0.05) is 24.8 Å². The zero-order valence-electron chi connectivity index (χ0n) is 25.0. The predicted octanol–water partition coefficient (Wildman–Crippen LogP) is 5.20. The number of nitrogens with zero attached hydrogens (tertiary/aromatic N) is 6. The van der Waals surface area contributed by atoms with Crippen molar-refractivity contribution in [1.82, 2.24) is 19.8 Å². The molecule has 1 amide bonds. The third-order valence-electron chi connectivity index (χ3n) is 10.1. The van der Waals surface area contributed by atoms with E-state index in [1.807, 2.05) is 17.0 Å². The Morgan fingerprint density at radius 2 is 2.00 bits per heavy atom. The van der Waals surface area contributed by atoms with Crippen molar-refractivity contribution in [2.45, 2.75) is 57.0 Å². The number of anilines is 1. The topological polar surface area (TPSA) is 85.6 Å². The van der Waals surface area contributed by atoms with Crippen LogP contribution in [-0.4, -0.2) is 77.6 Å². The summed E-state index contributed by atoms with van der Waals surface area (Å²) in [5, 5.41) is 10.0. The number of nitriles is 1. The van der Waals surface area contributed by atoms with E-state index in [0.717, 1.165) is 37.8 Å². The molecule has 44 heavy (non-hydrogen) atoms. The molecule has 0 radical (unpaired) electrons. The fraction of sp³-hybridized carbons (Fsp3) is 0.471. The summed E-state index contributed by atoms with van der Waals surface area (Å²) < 4.78 is 36.1. The molecule has 4 aliphatic rings. The van der Waals surface area contributed by atoms with E-state index in [1.165, 1.54) is 34.9 Å². The van der Waals surface area contributed by atoms with Crippen LogP contribution < -0.4 is 9.64 Å². The fourth-order valence-corrected chi connectivity index (χ4v) is 7.37. The maximum atomic E-state index is 16.1. The normalized spacial score (nSPS) is 22.3. The fourth-order valence-electron chi connectivity index (χ4n) is 7.37. The Hall–Kier alpha value is -4.10. The lowest BCUT2D eigenvalue weighted by atomic mass is 9.95. The number of aromatic nitrogens is 2. The maximum absolute atomic E-state index is 16.1. The highest BCUT2D eigenvalue weighted by Crippen LogP contribution is 2.57. The third kappa shape index (κ3) is 5.17. The molecule has 3 fully saturated rings. The van der Waals surface area contributed by atoms with Crippen molar-refractivity contribution in [3.05, 3.63) is 59.7 Å². The minimum atomic E-state index is -1.06. The van der Waals surface area contributed by atoms with Crippen LogP contribution >= 0.6 is 0 Å². The first kappa shape index (κ1) is 28.7. The number of rotatable bonds is 7. The van der Waals surface area contributed by atoms with Crippen LogP contribution in [0.1, 0.15) is 43.2 Å². The lowest BCUT2D eigenvalue weighted by molar-refractivity contribution is -0.131. The van der Waals surface area contributed by atoms with Gasteiger partial charge in [0.05, 0.1) is 24.0 Å². The number of halogens is 2. The predicted molar refractivity (Wildman–Crippen MR) is 163 cm³/mol. The lowest BCUT2D eigenvalue weighted by Gasteiger charge is -2.41. The summed E-state index contributed by atoms with van der Waals surface area (Å²) in [5.74, 6) is -1.76. The minimum Gasteiger partial charge on any atom is -0.462 e. The average molecular weight is 599 g/mol. The van der Waals surface area contributed by atoms with Gasteiger partial charge < -0.3 is 19.4 Å². The molecule has 0 unspecified atom stereocenters. The number of likely N-dealkylation sites (N-methyl/N-ethyl adjacent to an activating group) is 1. The molecule has 228 valence electrons. The average Bonchev–Trinajstić information content (AvgIpc) is 3.45. The second-order valence-corrected chi connectivity index (χ2v) is 12.9. The Bertz CT molecular complexity index is 1700. The number of carbonyl (C=O) groups excluding carboxylic acids is 1. The molecule has 8 nitrogen and oxygen atoms in total. The summed E-state index contributed by atoms with van der Waals surface area (Å²) in [6.07, 6.45) is 6.61. The monoisotopic (exact) mass is 598 g/mol. The summed E-state index contributed by atoms with van der Waals surface area (Å²) in [4.78, 5) is 27.6. The van der Waals surface area contributed by atoms with Gasteiger partial charge in [-0.3, -0.25) is 4.79 Å². The highest BCUT2D eigenvalue weighted by atomic mass is 19.1. The molecule has 2 aromatic carbocycles. The molecule has 3 aromatic rings. The molecule has 0 N–H and O–H groups in total. The van der Waals surface area contributed by atoms with Crippen LogP contribution in [0.25, 0.3) is 22.0 Å². The van der Waals surface area contributed by atoms with E-state index < -0.39 is 17.8 Å². The van der Waals surface area contributed by atoms with Gasteiger partial charge in [-0.05, 0) is 86.4 Å². The smallest absolute Gasteiger partial charge is 0.319 e. The van der Waals surface area contributed by atoms with Crippen LogP contribution in [0.15, 0.2) is 42.7 Å². The Kier molecular flexibility index (Phi) is 7.24. The molecule has 0 bridgehead atoms. The van der Waals surface area contributed by atoms with Crippen molar-refractivity contribution in [2.24, 2.45) is 5.41 Å². The number of likely N-dealkylation sites (tertiary alicyclic amines) is 1. The molecule has 7 rings (SSSR count). The number of carbonyl (C=O) groups is 1. The van der Waals surface area contributed by atoms with Gasteiger partial charge in [-0.2, -0.15) is 15.2 Å². The molecular weight excluding hydrogens is 562 g/mol. The van der Waals surface area contributed by atoms with Crippen LogP contribution in [0.4, 0.5) is 14.6 Å². The molecule has 1 aromatic heterocycles. The van der Waals surface area contributed by atoms with Gasteiger partial charge in [-0.15, -0.1) is 0 Å². The lowest BCUT2D eigenvalue weighted by Crippen LogP contribution is -2.55. The van der Waals surface area contributed by atoms with E-state index >= 15 is 4.39 Å². The zero-order valence-corrected chi connectivity index (χ0v) is 25.0. The van der Waals surface area contributed by atoms with E-state index in [9.17, 15) is 14.4 Å². The van der Waals surface area contributed by atoms with Crippen LogP contribution in [0.3, 0.4) is 0 Å². The van der Waals surface area contributed by atoms with Crippen molar-refractivity contribution in [3.8, 4) is 23.2 Å². The van der Waals surface area contributed by atoms with Crippen molar-refractivity contribution in [3.63, 3.8) is 0 Å². The Balaban J connectivity index is 1.28. The Labute approximate surface area is 255 Å². The molecule has 2 aliphatic carbocycles. The van der Waals surface area contributed by atoms with E-state index in [1.54, 1.807) is 6.07 Å². The molecule has 2 saturated heterocycles. The quantitative estimate of drug-likeness (QED) is 0.346. The number of ether oxygens (including phenoxy) is 1. The first-order valence-electron chi connectivity index (χ1n) is 15.5. The SMILES string of the molecule is C=C(F)C(=O)N1CCN(c2nc(OC[C@@H]3CCCN3C)nc3cc(-c4cccc5c4CC4(CC4)C5)c(F)cc23)C[C@@H]1CC#N. The zero-order chi connectivity index (χ0) is 30.6. The first-order chi connectivity index (χ1) is 21.2. The van der Waals surface area contributed by atoms with Gasteiger partial charge in [-0.25, -0.2) is 8.78 Å². The number of fused-ring (bicyclic) bond motifs is 2. The molecular formula is C34H36F2N6O2. The Morgan fingerprint density at radius 3 is 2.73 bits per heavy atom. The summed E-state index contributed by atoms with van der Waals surface area (Å²) in [7, 11) is 2.08. The second-order valence-electron chi connectivity index (χ2n) is 12.9. The molecule has 3 heterocycles. The van der Waals surface area contributed by atoms with Gasteiger partial charge in [0.2, 0.25) is 0 Å². The largest absolute Gasteiger partial charge is 0.462 e. The molecule has 2 atom stereocenters. The van der Waals surface area contributed by atoms with E-state index in [2.05, 4.69) is 30.7 Å². The number of benzene rings is 2. The van der Waals surface area contributed by atoms with E-state index in [-0.39, 0.29) is 37.4 Å². The summed E-state index contributed by atoms with van der Waals surface area (Å²) >= 11 is 0. The molecule has 10 heteroatoms. The van der Waals surface area contributed by atoms with Gasteiger partial charge >= 0.3 is 6.01 Å². The van der Waals surface area contributed by atoms with Crippen LogP contribution in [0.5, 0.6) is 6.01 Å². The second kappa shape index (κ2) is 11.1. The standard InChI is InChI=1S/C34H36F2N6O2/c1-21(35)32(43)42-14-13-41(19-23(42)8-11-37)31-27-15-29(36)26(25-7-3-5-22-17-34(9-10-34)18-28(22)25)16-30(27)38-33(39-31)44-20-24-6-4-12-40(24)2/h3,5,7,15-16,23-24H,1,4,6,8-10,12-14,17-20H2,2H3/t23-,24-/m0/s1. The maximum Gasteiger partial charge on any atom is 0.319 e.